The number of ether oxygens (including phenoxy) is 3. The number of benzene rings is 2. The van der Waals surface area contributed by atoms with Gasteiger partial charge in [0.25, 0.3) is 0 Å². The minimum atomic E-state index is -0.453. The van der Waals surface area contributed by atoms with E-state index < -0.39 is 5.92 Å². The molecule has 0 aromatic heterocycles. The largest absolute Gasteiger partial charge is 0.508 e. The van der Waals surface area contributed by atoms with Crippen LogP contribution in [0.25, 0.3) is 0 Å². The predicted octanol–water partition coefficient (Wildman–Crippen LogP) is 4.17. The van der Waals surface area contributed by atoms with Crippen LogP contribution < -0.4 is 19.9 Å². The molecule has 0 radical (unpaired) electrons. The quantitative estimate of drug-likeness (QED) is 0.738. The van der Waals surface area contributed by atoms with Gasteiger partial charge in [-0.2, -0.15) is 5.26 Å². The molecule has 0 saturated heterocycles. The van der Waals surface area contributed by atoms with Crippen LogP contribution in [0.2, 0.25) is 0 Å². The van der Waals surface area contributed by atoms with E-state index in [4.69, 9.17) is 19.9 Å². The van der Waals surface area contributed by atoms with Crippen LogP contribution in [0.15, 0.2) is 46.3 Å². The molecule has 140 valence electrons. The van der Waals surface area contributed by atoms with Gasteiger partial charge in [-0.3, -0.25) is 0 Å². The smallest absolute Gasteiger partial charge is 0.205 e. The standard InChI is InChI=1S/C20H19BrN2O4/c1-3-25-17-8-11(7-15(21)19(17)26-4-2)18-13-6-5-12(24)9-16(13)27-20(23)14(18)10-22/h5-9,18,24H,3-4,23H2,1-2H3/t18-/m1/s1. The molecule has 0 fully saturated rings. The van der Waals surface area contributed by atoms with Gasteiger partial charge in [0, 0.05) is 11.6 Å². The number of nitrogens with zero attached hydrogens (tertiary/aromatic N) is 1. The summed E-state index contributed by atoms with van der Waals surface area (Å²) in [6.07, 6.45) is 0. The monoisotopic (exact) mass is 430 g/mol. The van der Waals surface area contributed by atoms with E-state index in [1.807, 2.05) is 26.0 Å². The molecule has 0 aliphatic carbocycles. The summed E-state index contributed by atoms with van der Waals surface area (Å²) in [5, 5.41) is 19.4. The lowest BCUT2D eigenvalue weighted by atomic mass is 9.83. The molecule has 2 aromatic rings. The summed E-state index contributed by atoms with van der Waals surface area (Å²) in [6, 6.07) is 10.6. The number of halogens is 1. The number of hydrogen-bond acceptors (Lipinski definition) is 6. The molecule has 1 aliphatic heterocycles. The van der Waals surface area contributed by atoms with Crippen molar-refractivity contribution in [1.82, 2.24) is 0 Å². The third-order valence-corrected chi connectivity index (χ3v) is 4.75. The molecule has 0 unspecified atom stereocenters. The minimum absolute atomic E-state index is 0.0172. The van der Waals surface area contributed by atoms with Gasteiger partial charge < -0.3 is 25.1 Å². The first-order valence-electron chi connectivity index (χ1n) is 8.49. The highest BCUT2D eigenvalue weighted by Crippen LogP contribution is 2.46. The van der Waals surface area contributed by atoms with Crippen molar-refractivity contribution in [3.8, 4) is 29.1 Å². The second-order valence-electron chi connectivity index (χ2n) is 5.84. The fourth-order valence-electron chi connectivity index (χ4n) is 3.09. The molecule has 27 heavy (non-hydrogen) atoms. The number of phenols is 1. The Morgan fingerprint density at radius 1 is 1.22 bits per heavy atom. The van der Waals surface area contributed by atoms with Crippen molar-refractivity contribution in [3.05, 3.63) is 57.4 Å². The van der Waals surface area contributed by atoms with Crippen LogP contribution in [-0.2, 0) is 0 Å². The first-order valence-corrected chi connectivity index (χ1v) is 9.28. The van der Waals surface area contributed by atoms with Gasteiger partial charge in [-0.1, -0.05) is 6.07 Å². The Kier molecular flexibility index (Phi) is 5.47. The van der Waals surface area contributed by atoms with Crippen LogP contribution in [0.3, 0.4) is 0 Å². The zero-order valence-corrected chi connectivity index (χ0v) is 16.5. The lowest BCUT2D eigenvalue weighted by Gasteiger charge is -2.27. The number of allylic oxidation sites excluding steroid dienone is 1. The van der Waals surface area contributed by atoms with Gasteiger partial charge in [0.1, 0.15) is 23.1 Å². The molecule has 7 heteroatoms. The molecule has 1 heterocycles. The molecular formula is C20H19BrN2O4. The van der Waals surface area contributed by atoms with E-state index in [-0.39, 0.29) is 11.6 Å². The Hall–Kier alpha value is -2.85. The van der Waals surface area contributed by atoms with E-state index >= 15 is 0 Å². The van der Waals surface area contributed by atoms with E-state index in [0.29, 0.717) is 40.5 Å². The van der Waals surface area contributed by atoms with Crippen LogP contribution in [0.4, 0.5) is 0 Å². The molecule has 2 aromatic carbocycles. The average Bonchev–Trinajstić information content (AvgIpc) is 2.63. The zero-order valence-electron chi connectivity index (χ0n) is 15.0. The molecule has 3 N–H and O–H groups in total. The van der Waals surface area contributed by atoms with Crippen molar-refractivity contribution in [1.29, 1.82) is 5.26 Å². The second kappa shape index (κ2) is 7.80. The number of nitriles is 1. The van der Waals surface area contributed by atoms with Crippen molar-refractivity contribution in [2.75, 3.05) is 13.2 Å². The first-order chi connectivity index (χ1) is 13.0. The van der Waals surface area contributed by atoms with Gasteiger partial charge in [0.2, 0.25) is 5.88 Å². The molecule has 1 aliphatic rings. The van der Waals surface area contributed by atoms with E-state index in [1.54, 1.807) is 12.1 Å². The van der Waals surface area contributed by atoms with Crippen LogP contribution in [-0.4, -0.2) is 18.3 Å². The highest BCUT2D eigenvalue weighted by Gasteiger charge is 2.32. The molecule has 0 spiro atoms. The van der Waals surface area contributed by atoms with Gasteiger partial charge in [-0.05, 0) is 53.5 Å². The van der Waals surface area contributed by atoms with Gasteiger partial charge in [-0.15, -0.1) is 0 Å². The van der Waals surface area contributed by atoms with Crippen molar-refractivity contribution in [2.24, 2.45) is 5.73 Å². The third kappa shape index (κ3) is 3.53. The number of aromatic hydroxyl groups is 1. The topological polar surface area (TPSA) is 97.7 Å². The number of nitrogens with two attached hydrogens (primary N) is 1. The SMILES string of the molecule is CCOc1cc([C@H]2C(C#N)=C(N)Oc3cc(O)ccc32)cc(Br)c1OCC. The molecule has 3 rings (SSSR count). The molecular weight excluding hydrogens is 412 g/mol. The van der Waals surface area contributed by atoms with Crippen molar-refractivity contribution >= 4 is 15.9 Å². The van der Waals surface area contributed by atoms with Crippen LogP contribution in [0.1, 0.15) is 30.9 Å². The summed E-state index contributed by atoms with van der Waals surface area (Å²) < 4.78 is 17.7. The second-order valence-corrected chi connectivity index (χ2v) is 6.70. The summed E-state index contributed by atoms with van der Waals surface area (Å²) in [4.78, 5) is 0. The van der Waals surface area contributed by atoms with Crippen molar-refractivity contribution in [3.63, 3.8) is 0 Å². The number of phenolic OH excluding ortho intramolecular Hbond substituents is 1. The summed E-state index contributed by atoms with van der Waals surface area (Å²) in [5.74, 6) is 1.22. The molecule has 6 nitrogen and oxygen atoms in total. The minimum Gasteiger partial charge on any atom is -0.508 e. The van der Waals surface area contributed by atoms with Gasteiger partial charge >= 0.3 is 0 Å². The average molecular weight is 431 g/mol. The Morgan fingerprint density at radius 3 is 2.63 bits per heavy atom. The lowest BCUT2D eigenvalue weighted by molar-refractivity contribution is 0.286. The Labute approximate surface area is 165 Å². The van der Waals surface area contributed by atoms with Crippen LogP contribution in [0, 0.1) is 11.3 Å². The Morgan fingerprint density at radius 2 is 1.96 bits per heavy atom. The van der Waals surface area contributed by atoms with E-state index in [2.05, 4.69) is 22.0 Å². The van der Waals surface area contributed by atoms with Crippen molar-refractivity contribution in [2.45, 2.75) is 19.8 Å². The van der Waals surface area contributed by atoms with E-state index in [1.165, 1.54) is 6.07 Å². The highest BCUT2D eigenvalue weighted by molar-refractivity contribution is 9.10. The molecule has 0 saturated carbocycles. The predicted molar refractivity (Wildman–Crippen MR) is 104 cm³/mol. The first kappa shape index (κ1) is 18.9. The molecule has 1 atom stereocenters. The van der Waals surface area contributed by atoms with Crippen molar-refractivity contribution < 1.29 is 19.3 Å². The third-order valence-electron chi connectivity index (χ3n) is 4.16. The van der Waals surface area contributed by atoms with Gasteiger partial charge in [0.15, 0.2) is 11.5 Å². The van der Waals surface area contributed by atoms with Gasteiger partial charge in [-0.25, -0.2) is 0 Å². The maximum absolute atomic E-state index is 9.76. The fraction of sp³-hybridized carbons (Fsp3) is 0.250. The maximum atomic E-state index is 9.76. The van der Waals surface area contributed by atoms with E-state index in [9.17, 15) is 10.4 Å². The molecule has 0 bridgehead atoms. The normalized spacial score (nSPS) is 15.6. The number of hydrogen-bond donors (Lipinski definition) is 2. The Bertz CT molecular complexity index is 950. The summed E-state index contributed by atoms with van der Waals surface area (Å²) in [6.45, 7) is 4.75. The highest BCUT2D eigenvalue weighted by atomic mass is 79.9. The Balaban J connectivity index is 2.21. The number of fused-ring (bicyclic) bond motifs is 1. The summed E-state index contributed by atoms with van der Waals surface area (Å²) in [7, 11) is 0. The lowest BCUT2D eigenvalue weighted by Crippen LogP contribution is -2.21. The summed E-state index contributed by atoms with van der Waals surface area (Å²) in [5.41, 5.74) is 7.81. The number of rotatable bonds is 5. The fourth-order valence-corrected chi connectivity index (χ4v) is 3.66. The van der Waals surface area contributed by atoms with Crippen LogP contribution in [0.5, 0.6) is 23.0 Å². The van der Waals surface area contributed by atoms with E-state index in [0.717, 1.165) is 11.1 Å². The zero-order chi connectivity index (χ0) is 19.6. The molecule has 0 amide bonds. The summed E-state index contributed by atoms with van der Waals surface area (Å²) >= 11 is 3.54. The van der Waals surface area contributed by atoms with Gasteiger partial charge in [0.05, 0.1) is 23.6 Å². The maximum Gasteiger partial charge on any atom is 0.205 e. The van der Waals surface area contributed by atoms with Crippen LogP contribution >= 0.6 is 15.9 Å².